The standard InChI is InChI=1S/C14H21N5O/c1-3-13-16-17-14(20-13)10-18-6-4-5-12(18)9-19-8-11(2)7-15-19/h7-8,12H,3-6,9-10H2,1-2H3/t12-/m1/s1. The van der Waals surface area contributed by atoms with Gasteiger partial charge in [-0.15, -0.1) is 10.2 Å². The normalized spacial score (nSPS) is 19.8. The summed E-state index contributed by atoms with van der Waals surface area (Å²) in [5, 5.41) is 12.5. The Kier molecular flexibility index (Phi) is 3.82. The van der Waals surface area contributed by atoms with Gasteiger partial charge in [0, 0.05) is 18.7 Å². The summed E-state index contributed by atoms with van der Waals surface area (Å²) in [4.78, 5) is 2.42. The number of likely N-dealkylation sites (tertiary alicyclic amines) is 1. The van der Waals surface area contributed by atoms with Crippen LogP contribution in [0.5, 0.6) is 0 Å². The Balaban J connectivity index is 1.63. The Labute approximate surface area is 118 Å². The fourth-order valence-corrected chi connectivity index (χ4v) is 2.76. The quantitative estimate of drug-likeness (QED) is 0.832. The van der Waals surface area contributed by atoms with E-state index in [4.69, 9.17) is 4.42 Å². The number of hydrogen-bond acceptors (Lipinski definition) is 5. The first-order chi connectivity index (χ1) is 9.74. The highest BCUT2D eigenvalue weighted by molar-refractivity contribution is 5.00. The van der Waals surface area contributed by atoms with Gasteiger partial charge < -0.3 is 4.42 Å². The van der Waals surface area contributed by atoms with Crippen molar-refractivity contribution < 1.29 is 4.42 Å². The summed E-state index contributed by atoms with van der Waals surface area (Å²) in [6, 6.07) is 0.506. The molecule has 3 heterocycles. The van der Waals surface area contributed by atoms with E-state index >= 15 is 0 Å². The van der Waals surface area contributed by atoms with Gasteiger partial charge in [-0.2, -0.15) is 5.10 Å². The second-order valence-electron chi connectivity index (χ2n) is 5.45. The first-order valence-corrected chi connectivity index (χ1v) is 7.29. The molecule has 6 heteroatoms. The van der Waals surface area contributed by atoms with Crippen molar-refractivity contribution in [1.82, 2.24) is 24.9 Å². The maximum absolute atomic E-state index is 5.61. The van der Waals surface area contributed by atoms with E-state index in [0.29, 0.717) is 6.04 Å². The molecule has 3 rings (SSSR count). The van der Waals surface area contributed by atoms with Gasteiger partial charge >= 0.3 is 0 Å². The van der Waals surface area contributed by atoms with E-state index in [1.807, 2.05) is 17.8 Å². The lowest BCUT2D eigenvalue weighted by Crippen LogP contribution is -2.32. The number of aromatic nitrogens is 4. The van der Waals surface area contributed by atoms with Crippen LogP contribution in [0.25, 0.3) is 0 Å². The van der Waals surface area contributed by atoms with Crippen LogP contribution in [0.2, 0.25) is 0 Å². The molecule has 0 bridgehead atoms. The van der Waals surface area contributed by atoms with E-state index in [2.05, 4.69) is 33.3 Å². The second-order valence-corrected chi connectivity index (χ2v) is 5.45. The van der Waals surface area contributed by atoms with E-state index in [0.717, 1.165) is 37.8 Å². The molecule has 0 aliphatic carbocycles. The van der Waals surface area contributed by atoms with Crippen molar-refractivity contribution in [1.29, 1.82) is 0 Å². The summed E-state index contributed by atoms with van der Waals surface area (Å²) in [7, 11) is 0. The van der Waals surface area contributed by atoms with Crippen LogP contribution in [-0.4, -0.2) is 37.5 Å². The molecule has 0 amide bonds. The van der Waals surface area contributed by atoms with Crippen LogP contribution in [-0.2, 0) is 19.5 Å². The summed E-state index contributed by atoms with van der Waals surface area (Å²) in [5.74, 6) is 1.45. The molecular weight excluding hydrogens is 254 g/mol. The molecule has 1 aliphatic rings. The highest BCUT2D eigenvalue weighted by Gasteiger charge is 2.26. The molecule has 1 fully saturated rings. The van der Waals surface area contributed by atoms with Gasteiger partial charge in [0.1, 0.15) is 0 Å². The topological polar surface area (TPSA) is 60.0 Å². The molecule has 20 heavy (non-hydrogen) atoms. The van der Waals surface area contributed by atoms with E-state index in [1.54, 1.807) is 0 Å². The minimum absolute atomic E-state index is 0.506. The van der Waals surface area contributed by atoms with Crippen molar-refractivity contribution in [2.45, 2.75) is 52.2 Å². The summed E-state index contributed by atoms with van der Waals surface area (Å²) in [6.45, 7) is 6.87. The van der Waals surface area contributed by atoms with Gasteiger partial charge in [-0.1, -0.05) is 6.92 Å². The SMILES string of the molecule is CCc1nnc(CN2CCC[C@@H]2Cn2cc(C)cn2)o1. The predicted molar refractivity (Wildman–Crippen MR) is 74.1 cm³/mol. The molecule has 6 nitrogen and oxygen atoms in total. The molecule has 0 saturated carbocycles. The Morgan fingerprint density at radius 2 is 2.20 bits per heavy atom. The molecule has 2 aromatic heterocycles. The Morgan fingerprint density at radius 1 is 1.35 bits per heavy atom. The zero-order valence-electron chi connectivity index (χ0n) is 12.1. The minimum atomic E-state index is 0.506. The smallest absolute Gasteiger partial charge is 0.230 e. The summed E-state index contributed by atoms with van der Waals surface area (Å²) in [5.41, 5.74) is 1.21. The Bertz CT molecular complexity index is 561. The molecule has 0 unspecified atom stereocenters. The van der Waals surface area contributed by atoms with Gasteiger partial charge in [-0.05, 0) is 31.9 Å². The van der Waals surface area contributed by atoms with Crippen molar-refractivity contribution in [3.8, 4) is 0 Å². The van der Waals surface area contributed by atoms with Gasteiger partial charge in [-0.25, -0.2) is 0 Å². The van der Waals surface area contributed by atoms with Crippen molar-refractivity contribution >= 4 is 0 Å². The fraction of sp³-hybridized carbons (Fsp3) is 0.643. The third-order valence-corrected chi connectivity index (χ3v) is 3.81. The van der Waals surface area contributed by atoms with Gasteiger partial charge in [0.05, 0.1) is 19.3 Å². The van der Waals surface area contributed by atoms with Crippen molar-refractivity contribution in [3.63, 3.8) is 0 Å². The number of aryl methyl sites for hydroxylation is 2. The Hall–Kier alpha value is -1.69. The molecule has 1 aliphatic heterocycles. The number of rotatable bonds is 5. The molecule has 0 N–H and O–H groups in total. The average molecular weight is 275 g/mol. The number of nitrogens with zero attached hydrogens (tertiary/aromatic N) is 5. The summed E-state index contributed by atoms with van der Waals surface area (Å²) >= 11 is 0. The van der Waals surface area contributed by atoms with Crippen LogP contribution < -0.4 is 0 Å². The lowest BCUT2D eigenvalue weighted by atomic mass is 10.2. The molecule has 1 atom stereocenters. The van der Waals surface area contributed by atoms with Crippen LogP contribution in [0.1, 0.15) is 37.1 Å². The first-order valence-electron chi connectivity index (χ1n) is 7.29. The van der Waals surface area contributed by atoms with Crippen molar-refractivity contribution in [2.24, 2.45) is 0 Å². The molecule has 0 aromatic carbocycles. The maximum Gasteiger partial charge on any atom is 0.230 e. The average Bonchev–Trinajstić information content (AvgIpc) is 3.14. The molecular formula is C14H21N5O. The predicted octanol–water partition coefficient (Wildman–Crippen LogP) is 1.80. The molecule has 0 spiro atoms. The zero-order valence-corrected chi connectivity index (χ0v) is 12.1. The largest absolute Gasteiger partial charge is 0.424 e. The van der Waals surface area contributed by atoms with E-state index in [1.165, 1.54) is 18.4 Å². The summed E-state index contributed by atoms with van der Waals surface area (Å²) < 4.78 is 7.64. The highest BCUT2D eigenvalue weighted by Crippen LogP contribution is 2.21. The molecule has 1 saturated heterocycles. The molecule has 2 aromatic rings. The molecule has 108 valence electrons. The van der Waals surface area contributed by atoms with Gasteiger partial charge in [-0.3, -0.25) is 9.58 Å². The molecule has 0 radical (unpaired) electrons. The van der Waals surface area contributed by atoms with Crippen LogP contribution in [0.15, 0.2) is 16.8 Å². The Morgan fingerprint density at radius 3 is 2.90 bits per heavy atom. The van der Waals surface area contributed by atoms with E-state index in [-0.39, 0.29) is 0 Å². The maximum atomic E-state index is 5.61. The van der Waals surface area contributed by atoms with Gasteiger partial charge in [0.2, 0.25) is 11.8 Å². The van der Waals surface area contributed by atoms with Crippen molar-refractivity contribution in [2.75, 3.05) is 6.54 Å². The summed E-state index contributed by atoms with van der Waals surface area (Å²) in [6.07, 6.45) is 7.22. The van der Waals surface area contributed by atoms with Crippen molar-refractivity contribution in [3.05, 3.63) is 29.7 Å². The van der Waals surface area contributed by atoms with Crippen LogP contribution in [0.3, 0.4) is 0 Å². The minimum Gasteiger partial charge on any atom is -0.424 e. The number of hydrogen-bond donors (Lipinski definition) is 0. The van der Waals surface area contributed by atoms with Crippen LogP contribution in [0, 0.1) is 6.92 Å². The van der Waals surface area contributed by atoms with Crippen LogP contribution in [0.4, 0.5) is 0 Å². The lowest BCUT2D eigenvalue weighted by Gasteiger charge is -2.22. The van der Waals surface area contributed by atoms with Gasteiger partial charge in [0.15, 0.2) is 0 Å². The van der Waals surface area contributed by atoms with Gasteiger partial charge in [0.25, 0.3) is 0 Å². The highest BCUT2D eigenvalue weighted by atomic mass is 16.4. The third kappa shape index (κ3) is 2.90. The van der Waals surface area contributed by atoms with E-state index < -0.39 is 0 Å². The van der Waals surface area contributed by atoms with Crippen LogP contribution >= 0.6 is 0 Å². The van der Waals surface area contributed by atoms with E-state index in [9.17, 15) is 0 Å². The lowest BCUT2D eigenvalue weighted by molar-refractivity contribution is 0.198. The second kappa shape index (κ2) is 5.75. The fourth-order valence-electron chi connectivity index (χ4n) is 2.76. The first kappa shape index (κ1) is 13.3. The zero-order chi connectivity index (χ0) is 13.9. The third-order valence-electron chi connectivity index (χ3n) is 3.81. The monoisotopic (exact) mass is 275 g/mol.